The van der Waals surface area contributed by atoms with Crippen LogP contribution in [0, 0.1) is 11.8 Å². The molecule has 0 unspecified atom stereocenters. The zero-order valence-electron chi connectivity index (χ0n) is 17.4. The lowest BCUT2D eigenvalue weighted by atomic mass is 9.74. The van der Waals surface area contributed by atoms with Crippen molar-refractivity contribution in [1.82, 2.24) is 0 Å². The molecule has 6 heteroatoms. The fourth-order valence-corrected chi connectivity index (χ4v) is 4.54. The van der Waals surface area contributed by atoms with E-state index in [2.05, 4.69) is 18.8 Å². The number of nitrogens with zero attached hydrogens (tertiary/aromatic N) is 1. The summed E-state index contributed by atoms with van der Waals surface area (Å²) in [5.41, 5.74) is 0.890. The highest BCUT2D eigenvalue weighted by molar-refractivity contribution is 7.99. The predicted molar refractivity (Wildman–Crippen MR) is 113 cm³/mol. The Balaban J connectivity index is 3.31. The maximum Gasteiger partial charge on any atom is 0.316 e. The number of hydrogen-bond donors (Lipinski definition) is 1. The van der Waals surface area contributed by atoms with Crippen molar-refractivity contribution >= 4 is 29.2 Å². The van der Waals surface area contributed by atoms with Crippen LogP contribution in [-0.4, -0.2) is 46.7 Å². The number of thioether (sulfide) groups is 1. The van der Waals surface area contributed by atoms with Crippen LogP contribution in [0.25, 0.3) is 0 Å². The monoisotopic (exact) mass is 397 g/mol. The molecule has 0 aliphatic heterocycles. The highest BCUT2D eigenvalue weighted by Gasteiger charge is 2.43. The van der Waals surface area contributed by atoms with Crippen molar-refractivity contribution in [1.29, 1.82) is 0 Å². The van der Waals surface area contributed by atoms with Gasteiger partial charge in [-0.15, -0.1) is 0 Å². The summed E-state index contributed by atoms with van der Waals surface area (Å²) in [6.45, 7) is 10.8. The van der Waals surface area contributed by atoms with Gasteiger partial charge in [-0.05, 0) is 37.9 Å². The number of aliphatic imine (C=N–C) groups is 1. The molecule has 0 aromatic carbocycles. The number of hydrogen-bond acceptors (Lipinski definition) is 6. The van der Waals surface area contributed by atoms with Gasteiger partial charge in [0.15, 0.2) is 5.78 Å². The minimum absolute atomic E-state index is 0.102. The average molecular weight is 398 g/mol. The summed E-state index contributed by atoms with van der Waals surface area (Å²) in [7, 11) is 0. The normalized spacial score (nSPS) is 22.1. The first-order valence-corrected chi connectivity index (χ1v) is 11.2. The summed E-state index contributed by atoms with van der Waals surface area (Å²) in [6, 6.07) is 0. The van der Waals surface area contributed by atoms with Crippen LogP contribution in [0.5, 0.6) is 0 Å². The number of allylic oxidation sites excluding steroid dienone is 1. The summed E-state index contributed by atoms with van der Waals surface area (Å²) in [5.74, 6) is -0.708. The van der Waals surface area contributed by atoms with Gasteiger partial charge in [-0.3, -0.25) is 14.6 Å². The molecular formula is C21H35NO4S. The van der Waals surface area contributed by atoms with Crippen molar-refractivity contribution in [3.05, 3.63) is 11.3 Å². The summed E-state index contributed by atoms with van der Waals surface area (Å²) in [6.07, 6.45) is 3.26. The number of Topliss-reactive ketones (excluding diaryl/α,β-unsaturated/α-hetero) is 1. The summed E-state index contributed by atoms with van der Waals surface area (Å²) in [5, 5.41) is 11.3. The fraction of sp³-hybridized carbons (Fsp3) is 0.762. The zero-order chi connectivity index (χ0) is 20.4. The van der Waals surface area contributed by atoms with Gasteiger partial charge in [0.1, 0.15) is 11.7 Å². The van der Waals surface area contributed by atoms with Gasteiger partial charge in [0.2, 0.25) is 0 Å². The lowest BCUT2D eigenvalue weighted by Gasteiger charge is -2.32. The van der Waals surface area contributed by atoms with Crippen molar-refractivity contribution in [3.8, 4) is 0 Å². The largest absolute Gasteiger partial charge is 0.511 e. The lowest BCUT2D eigenvalue weighted by molar-refractivity contribution is -0.150. The molecule has 0 amide bonds. The molecule has 1 aliphatic rings. The molecule has 154 valence electrons. The maximum absolute atomic E-state index is 12.9. The van der Waals surface area contributed by atoms with E-state index in [0.29, 0.717) is 30.3 Å². The molecule has 0 aromatic heterocycles. The highest BCUT2D eigenvalue weighted by Crippen LogP contribution is 2.38. The molecule has 0 fully saturated rings. The van der Waals surface area contributed by atoms with E-state index in [9.17, 15) is 14.7 Å². The third kappa shape index (κ3) is 6.66. The topological polar surface area (TPSA) is 76.0 Å². The molecule has 1 aliphatic carbocycles. The molecule has 27 heavy (non-hydrogen) atoms. The van der Waals surface area contributed by atoms with Crippen LogP contribution < -0.4 is 0 Å². The Hall–Kier alpha value is -1.30. The third-order valence-electron chi connectivity index (χ3n) is 4.68. The van der Waals surface area contributed by atoms with Gasteiger partial charge in [0.25, 0.3) is 0 Å². The van der Waals surface area contributed by atoms with Gasteiger partial charge in [-0.2, -0.15) is 11.8 Å². The molecule has 0 spiro atoms. The number of ketones is 1. The number of carbonyl (C=O) groups is 2. The second-order valence-electron chi connectivity index (χ2n) is 6.96. The van der Waals surface area contributed by atoms with Crippen LogP contribution in [0.15, 0.2) is 16.3 Å². The first kappa shape index (κ1) is 23.7. The first-order chi connectivity index (χ1) is 12.9. The standard InChI is InChI=1S/C21H35NO4S/c1-6-10-16(22-11-7-2)19-17(23)13-15(12-14(5)27-9-4)18(20(19)24)21(25)26-8-3/h14-15,18,24H,6-13H2,1-5H3/t14-,15-,18+/m0/s1. The second kappa shape index (κ2) is 12.2. The Bertz CT molecular complexity index is 571. The predicted octanol–water partition coefficient (Wildman–Crippen LogP) is 4.75. The van der Waals surface area contributed by atoms with E-state index in [4.69, 9.17) is 4.74 Å². The first-order valence-electron chi connectivity index (χ1n) is 10.2. The molecule has 1 rings (SSSR count). The lowest BCUT2D eigenvalue weighted by Crippen LogP contribution is -2.38. The van der Waals surface area contributed by atoms with Gasteiger partial charge in [-0.25, -0.2) is 0 Å². The smallest absolute Gasteiger partial charge is 0.316 e. The van der Waals surface area contributed by atoms with Crippen molar-refractivity contribution in [2.75, 3.05) is 18.9 Å². The van der Waals surface area contributed by atoms with E-state index in [1.165, 1.54) is 0 Å². The Morgan fingerprint density at radius 3 is 2.56 bits per heavy atom. The summed E-state index contributed by atoms with van der Waals surface area (Å²) >= 11 is 1.80. The van der Waals surface area contributed by atoms with E-state index in [0.717, 1.165) is 18.6 Å². The van der Waals surface area contributed by atoms with Crippen LogP contribution in [0.2, 0.25) is 0 Å². The van der Waals surface area contributed by atoms with Crippen molar-refractivity contribution in [3.63, 3.8) is 0 Å². The van der Waals surface area contributed by atoms with Gasteiger partial charge in [0.05, 0.1) is 12.2 Å². The number of aliphatic hydroxyl groups excluding tert-OH is 1. The third-order valence-corrected chi connectivity index (χ3v) is 5.77. The number of carbonyl (C=O) groups excluding carboxylic acids is 2. The highest BCUT2D eigenvalue weighted by atomic mass is 32.2. The Labute approximate surface area is 168 Å². The van der Waals surface area contributed by atoms with Crippen LogP contribution in [-0.2, 0) is 14.3 Å². The van der Waals surface area contributed by atoms with Crippen molar-refractivity contribution in [2.45, 2.75) is 72.0 Å². The molecule has 0 radical (unpaired) electrons. The SMILES string of the molecule is CCCN=C(CCC)C1=C(O)[C@H](C(=O)OCC)[C@@H](C[C@H](C)SCC)CC1=O. The Morgan fingerprint density at radius 2 is 2.00 bits per heavy atom. The molecule has 0 saturated heterocycles. The van der Waals surface area contributed by atoms with E-state index < -0.39 is 11.9 Å². The zero-order valence-corrected chi connectivity index (χ0v) is 18.2. The quantitative estimate of drug-likeness (QED) is 0.402. The minimum atomic E-state index is -0.777. The van der Waals surface area contributed by atoms with Crippen LogP contribution in [0.3, 0.4) is 0 Å². The van der Waals surface area contributed by atoms with Gasteiger partial charge in [0, 0.05) is 23.9 Å². The molecule has 0 saturated carbocycles. The van der Waals surface area contributed by atoms with E-state index in [-0.39, 0.29) is 36.1 Å². The van der Waals surface area contributed by atoms with Crippen LogP contribution in [0.4, 0.5) is 0 Å². The average Bonchev–Trinajstić information content (AvgIpc) is 2.59. The summed E-state index contributed by atoms with van der Waals surface area (Å²) < 4.78 is 5.24. The Morgan fingerprint density at radius 1 is 1.30 bits per heavy atom. The molecule has 0 bridgehead atoms. The van der Waals surface area contributed by atoms with Crippen LogP contribution >= 0.6 is 11.8 Å². The Kier molecular flexibility index (Phi) is 10.7. The van der Waals surface area contributed by atoms with Crippen molar-refractivity contribution < 1.29 is 19.4 Å². The molecule has 0 aromatic rings. The fourth-order valence-electron chi connectivity index (χ4n) is 3.59. The molecule has 0 heterocycles. The van der Waals surface area contributed by atoms with E-state index in [1.807, 2.05) is 13.8 Å². The number of rotatable bonds is 11. The van der Waals surface area contributed by atoms with Crippen molar-refractivity contribution in [2.24, 2.45) is 16.8 Å². The second-order valence-corrected chi connectivity index (χ2v) is 8.67. The molecule has 1 N–H and O–H groups in total. The maximum atomic E-state index is 12.9. The number of ether oxygens (including phenoxy) is 1. The minimum Gasteiger partial charge on any atom is -0.511 e. The molecular weight excluding hydrogens is 362 g/mol. The number of esters is 1. The van der Waals surface area contributed by atoms with Gasteiger partial charge < -0.3 is 9.84 Å². The van der Waals surface area contributed by atoms with E-state index >= 15 is 0 Å². The number of aliphatic hydroxyl groups is 1. The van der Waals surface area contributed by atoms with E-state index in [1.54, 1.807) is 18.7 Å². The molecule has 5 nitrogen and oxygen atoms in total. The van der Waals surface area contributed by atoms with Gasteiger partial charge in [-0.1, -0.05) is 34.1 Å². The van der Waals surface area contributed by atoms with Crippen LogP contribution in [0.1, 0.15) is 66.7 Å². The van der Waals surface area contributed by atoms with Gasteiger partial charge >= 0.3 is 5.97 Å². The summed E-state index contributed by atoms with van der Waals surface area (Å²) in [4.78, 5) is 30.1. The molecule has 3 atom stereocenters.